The lowest BCUT2D eigenvalue weighted by Crippen LogP contribution is -2.90. The standard InChI is InChI=1S/C25H38O6/c1-13(2)15-8-9-16-23-12-29-25(19(28)18(23)21(4,5)11-10-17(23)27)24(16,14(3)26)20(15)30-22(6,7)31-25/h15-20,27-28H,1,8-12H2,2-7H3/t15-,16-,17-,18+,19-,20+,23+,24+,25?/m0/s1. The van der Waals surface area contributed by atoms with Gasteiger partial charge in [0.1, 0.15) is 17.3 Å². The number of fused-ring (bicyclic) bond motifs is 1. The van der Waals surface area contributed by atoms with Crippen LogP contribution >= 0.6 is 0 Å². The second kappa shape index (κ2) is 6.20. The maximum absolute atomic E-state index is 13.8. The number of carbonyl (C=O) groups excluding carboxylic acids is 1. The van der Waals surface area contributed by atoms with Gasteiger partial charge in [-0.05, 0) is 64.7 Å². The highest BCUT2D eigenvalue weighted by Crippen LogP contribution is 2.77. The number of aliphatic hydroxyl groups is 2. The highest BCUT2D eigenvalue weighted by Gasteiger charge is 2.87. The van der Waals surface area contributed by atoms with E-state index in [1.807, 2.05) is 20.8 Å². The van der Waals surface area contributed by atoms with E-state index in [-0.39, 0.29) is 29.0 Å². The number of hydrogen-bond acceptors (Lipinski definition) is 6. The van der Waals surface area contributed by atoms with Crippen LogP contribution in [0, 0.1) is 34.0 Å². The summed E-state index contributed by atoms with van der Waals surface area (Å²) >= 11 is 0. The number of Topliss-reactive ketones (excluding diaryl/α,β-unsaturated/α-hetero) is 1. The van der Waals surface area contributed by atoms with Crippen LogP contribution < -0.4 is 0 Å². The van der Waals surface area contributed by atoms with Gasteiger partial charge in [0.15, 0.2) is 5.79 Å². The van der Waals surface area contributed by atoms with Crippen LogP contribution in [-0.2, 0) is 19.0 Å². The first-order valence-electron chi connectivity index (χ1n) is 11.8. The minimum atomic E-state index is -1.50. The molecule has 6 nitrogen and oxygen atoms in total. The number of aliphatic hydroxyl groups excluding tert-OH is 2. The summed E-state index contributed by atoms with van der Waals surface area (Å²) in [5.74, 6) is -3.08. The fourth-order valence-electron chi connectivity index (χ4n) is 8.84. The molecule has 0 aromatic carbocycles. The second-order valence-electron chi connectivity index (χ2n) is 12.1. The van der Waals surface area contributed by atoms with Gasteiger partial charge in [-0.1, -0.05) is 26.0 Å². The van der Waals surface area contributed by atoms with E-state index in [1.165, 1.54) is 0 Å². The van der Waals surface area contributed by atoms with Gasteiger partial charge in [0.25, 0.3) is 0 Å². The predicted molar refractivity (Wildman–Crippen MR) is 114 cm³/mol. The van der Waals surface area contributed by atoms with Crippen LogP contribution in [-0.4, -0.2) is 52.5 Å². The fourth-order valence-corrected chi connectivity index (χ4v) is 8.84. The van der Waals surface area contributed by atoms with Crippen LogP contribution in [0.3, 0.4) is 0 Å². The van der Waals surface area contributed by atoms with Crippen molar-refractivity contribution in [1.29, 1.82) is 0 Å². The molecule has 3 heterocycles. The van der Waals surface area contributed by atoms with Crippen LogP contribution in [0.5, 0.6) is 0 Å². The van der Waals surface area contributed by atoms with E-state index in [2.05, 4.69) is 20.4 Å². The summed E-state index contributed by atoms with van der Waals surface area (Å²) in [5.41, 5.74) is -1.15. The lowest BCUT2D eigenvalue weighted by molar-refractivity contribution is -0.538. The third-order valence-electron chi connectivity index (χ3n) is 9.72. The number of carbonyl (C=O) groups is 1. The molecule has 6 rings (SSSR count). The van der Waals surface area contributed by atoms with Crippen LogP contribution in [0.1, 0.15) is 67.2 Å². The number of ketones is 1. The molecule has 2 bridgehead atoms. The average Bonchev–Trinajstić information content (AvgIpc) is 2.65. The minimum Gasteiger partial charge on any atom is -0.392 e. The molecular formula is C25H38O6. The number of ether oxygens (including phenoxy) is 3. The molecule has 3 aliphatic heterocycles. The maximum Gasteiger partial charge on any atom is 0.213 e. The molecule has 0 radical (unpaired) electrons. The highest BCUT2D eigenvalue weighted by molar-refractivity contribution is 5.86. The lowest BCUT2D eigenvalue weighted by Gasteiger charge is -2.79. The molecule has 3 saturated carbocycles. The van der Waals surface area contributed by atoms with E-state index in [9.17, 15) is 15.0 Å². The Balaban J connectivity index is 1.83. The van der Waals surface area contributed by atoms with Crippen molar-refractivity contribution in [3.8, 4) is 0 Å². The fraction of sp³-hybridized carbons (Fsp3) is 0.880. The third kappa shape index (κ3) is 2.29. The van der Waals surface area contributed by atoms with Crippen molar-refractivity contribution in [2.24, 2.45) is 34.0 Å². The van der Waals surface area contributed by atoms with Crippen LogP contribution in [0.4, 0.5) is 0 Å². The molecule has 1 unspecified atom stereocenters. The van der Waals surface area contributed by atoms with Gasteiger partial charge in [0.2, 0.25) is 5.79 Å². The molecule has 6 heteroatoms. The zero-order chi connectivity index (χ0) is 22.8. The molecule has 9 atom stereocenters. The van der Waals surface area contributed by atoms with Gasteiger partial charge in [0.05, 0.1) is 18.8 Å². The Hall–Kier alpha value is -0.790. The predicted octanol–water partition coefficient (Wildman–Crippen LogP) is 3.20. The SMILES string of the molecule is C=C(C)[C@@H]1CC[C@H]2[C@@]34COC5(OC(C)(C)O[C@H]1[C@@]25C(C)=O)[C@@H](O)[C@@H]3C(C)(C)CC[C@@H]4O. The van der Waals surface area contributed by atoms with E-state index in [4.69, 9.17) is 14.2 Å². The summed E-state index contributed by atoms with van der Waals surface area (Å²) in [5, 5.41) is 23.6. The molecule has 31 heavy (non-hydrogen) atoms. The Morgan fingerprint density at radius 2 is 1.74 bits per heavy atom. The first-order chi connectivity index (χ1) is 14.3. The van der Waals surface area contributed by atoms with Gasteiger partial charge in [-0.2, -0.15) is 0 Å². The van der Waals surface area contributed by atoms with Gasteiger partial charge in [-0.3, -0.25) is 4.79 Å². The monoisotopic (exact) mass is 434 g/mol. The molecule has 0 amide bonds. The zero-order valence-corrected chi connectivity index (χ0v) is 19.7. The molecule has 2 spiro atoms. The molecule has 2 N–H and O–H groups in total. The molecule has 6 aliphatic rings. The van der Waals surface area contributed by atoms with Crippen molar-refractivity contribution in [3.05, 3.63) is 12.2 Å². The molecule has 3 saturated heterocycles. The minimum absolute atomic E-state index is 0.0426. The quantitative estimate of drug-likeness (QED) is 0.649. The van der Waals surface area contributed by atoms with Crippen LogP contribution in [0.25, 0.3) is 0 Å². The largest absolute Gasteiger partial charge is 0.392 e. The summed E-state index contributed by atoms with van der Waals surface area (Å²) < 4.78 is 19.6. The lowest BCUT2D eigenvalue weighted by atomic mass is 9.33. The van der Waals surface area contributed by atoms with Crippen molar-refractivity contribution in [1.82, 2.24) is 0 Å². The Bertz CT molecular complexity index is 834. The Labute approximate surface area is 185 Å². The molecule has 0 aromatic rings. The first-order valence-corrected chi connectivity index (χ1v) is 11.8. The Morgan fingerprint density at radius 1 is 1.06 bits per heavy atom. The molecule has 174 valence electrons. The average molecular weight is 435 g/mol. The normalized spacial score (nSPS) is 53.9. The second-order valence-corrected chi connectivity index (χ2v) is 12.1. The van der Waals surface area contributed by atoms with Gasteiger partial charge in [-0.25, -0.2) is 0 Å². The molecular weight excluding hydrogens is 396 g/mol. The van der Waals surface area contributed by atoms with E-state index < -0.39 is 40.7 Å². The molecule has 3 aliphatic carbocycles. The summed E-state index contributed by atoms with van der Waals surface area (Å²) in [4.78, 5) is 13.8. The van der Waals surface area contributed by atoms with E-state index in [1.54, 1.807) is 6.92 Å². The third-order valence-corrected chi connectivity index (χ3v) is 9.72. The molecule has 6 fully saturated rings. The number of hydrogen-bond donors (Lipinski definition) is 2. The first kappa shape index (κ1) is 22.0. The highest BCUT2D eigenvalue weighted by atomic mass is 16.8. The van der Waals surface area contributed by atoms with E-state index in [0.717, 1.165) is 24.8 Å². The van der Waals surface area contributed by atoms with E-state index in [0.29, 0.717) is 13.0 Å². The van der Waals surface area contributed by atoms with Crippen molar-refractivity contribution in [3.63, 3.8) is 0 Å². The van der Waals surface area contributed by atoms with Crippen LogP contribution in [0.2, 0.25) is 0 Å². The Morgan fingerprint density at radius 3 is 2.35 bits per heavy atom. The van der Waals surface area contributed by atoms with Gasteiger partial charge in [-0.15, -0.1) is 0 Å². The van der Waals surface area contributed by atoms with Gasteiger partial charge in [0, 0.05) is 17.3 Å². The van der Waals surface area contributed by atoms with Crippen molar-refractivity contribution in [2.45, 2.75) is 97.1 Å². The Kier molecular flexibility index (Phi) is 4.41. The van der Waals surface area contributed by atoms with Crippen molar-refractivity contribution in [2.75, 3.05) is 6.61 Å². The summed E-state index contributed by atoms with van der Waals surface area (Å²) in [6.07, 6.45) is 0.836. The topological polar surface area (TPSA) is 85.2 Å². The maximum atomic E-state index is 13.8. The van der Waals surface area contributed by atoms with Gasteiger partial charge >= 0.3 is 0 Å². The van der Waals surface area contributed by atoms with Crippen molar-refractivity contribution >= 4 is 5.78 Å². The van der Waals surface area contributed by atoms with Crippen LogP contribution in [0.15, 0.2) is 12.2 Å². The zero-order valence-electron chi connectivity index (χ0n) is 19.7. The number of rotatable bonds is 2. The van der Waals surface area contributed by atoms with Crippen molar-refractivity contribution < 1.29 is 29.2 Å². The summed E-state index contributed by atoms with van der Waals surface area (Å²) in [7, 11) is 0. The van der Waals surface area contributed by atoms with Gasteiger partial charge < -0.3 is 24.4 Å². The van der Waals surface area contributed by atoms with E-state index >= 15 is 0 Å². The summed E-state index contributed by atoms with van der Waals surface area (Å²) in [6, 6.07) is 0. The summed E-state index contributed by atoms with van der Waals surface area (Å²) in [6.45, 7) is 16.1. The smallest absolute Gasteiger partial charge is 0.213 e. The molecule has 0 aromatic heterocycles.